The summed E-state index contributed by atoms with van der Waals surface area (Å²) in [5.74, 6) is -0.313. The molecule has 0 radical (unpaired) electrons. The van der Waals surface area contributed by atoms with Crippen molar-refractivity contribution in [3.63, 3.8) is 0 Å². The van der Waals surface area contributed by atoms with E-state index in [0.29, 0.717) is 18.7 Å². The molecule has 1 fully saturated rings. The second-order valence-corrected chi connectivity index (χ2v) is 5.55. The van der Waals surface area contributed by atoms with Crippen LogP contribution in [0, 0.1) is 0 Å². The first-order chi connectivity index (χ1) is 9.75. The predicted molar refractivity (Wildman–Crippen MR) is 73.3 cm³/mol. The summed E-state index contributed by atoms with van der Waals surface area (Å²) in [7, 11) is 0. The SMILES string of the molecule is O=C(N[C@@H]1CCCCNC1=O)c1n[nH]c2c1CCCC2. The molecule has 1 aliphatic carbocycles. The normalized spacial score (nSPS) is 22.6. The van der Waals surface area contributed by atoms with E-state index in [0.717, 1.165) is 49.8 Å². The van der Waals surface area contributed by atoms with Crippen LogP contribution in [0.4, 0.5) is 0 Å². The first-order valence-electron chi connectivity index (χ1n) is 7.40. The Bertz CT molecular complexity index is 523. The summed E-state index contributed by atoms with van der Waals surface area (Å²) in [6.07, 6.45) is 6.70. The third-order valence-electron chi connectivity index (χ3n) is 4.11. The minimum atomic E-state index is -0.430. The molecule has 2 aliphatic rings. The highest BCUT2D eigenvalue weighted by atomic mass is 16.2. The van der Waals surface area contributed by atoms with Gasteiger partial charge in [-0.25, -0.2) is 0 Å². The molecule has 3 N–H and O–H groups in total. The average molecular weight is 276 g/mol. The quantitative estimate of drug-likeness (QED) is 0.742. The van der Waals surface area contributed by atoms with E-state index in [1.165, 1.54) is 0 Å². The number of aromatic amines is 1. The van der Waals surface area contributed by atoms with Crippen molar-refractivity contribution in [3.05, 3.63) is 17.0 Å². The highest BCUT2D eigenvalue weighted by Gasteiger charge is 2.26. The third-order valence-corrected chi connectivity index (χ3v) is 4.11. The van der Waals surface area contributed by atoms with Gasteiger partial charge < -0.3 is 10.6 Å². The van der Waals surface area contributed by atoms with Gasteiger partial charge in [-0.3, -0.25) is 14.7 Å². The number of nitrogens with one attached hydrogen (secondary N) is 3. The van der Waals surface area contributed by atoms with Crippen LogP contribution in [0.25, 0.3) is 0 Å². The number of fused-ring (bicyclic) bond motifs is 1. The van der Waals surface area contributed by atoms with Crippen LogP contribution in [0.1, 0.15) is 53.8 Å². The monoisotopic (exact) mass is 276 g/mol. The van der Waals surface area contributed by atoms with Gasteiger partial charge in [0.2, 0.25) is 5.91 Å². The number of aromatic nitrogens is 2. The van der Waals surface area contributed by atoms with Crippen molar-refractivity contribution in [3.8, 4) is 0 Å². The first-order valence-corrected chi connectivity index (χ1v) is 7.40. The molecule has 108 valence electrons. The van der Waals surface area contributed by atoms with Gasteiger partial charge in [0.1, 0.15) is 6.04 Å². The smallest absolute Gasteiger partial charge is 0.272 e. The van der Waals surface area contributed by atoms with Crippen molar-refractivity contribution in [1.82, 2.24) is 20.8 Å². The minimum absolute atomic E-state index is 0.0831. The Morgan fingerprint density at radius 2 is 2.05 bits per heavy atom. The molecule has 6 nitrogen and oxygen atoms in total. The Labute approximate surface area is 117 Å². The third kappa shape index (κ3) is 2.55. The molecule has 0 bridgehead atoms. The lowest BCUT2D eigenvalue weighted by molar-refractivity contribution is -0.122. The van der Waals surface area contributed by atoms with E-state index in [4.69, 9.17) is 0 Å². The fraction of sp³-hybridized carbons (Fsp3) is 0.643. The number of carbonyl (C=O) groups is 2. The highest BCUT2D eigenvalue weighted by Crippen LogP contribution is 2.22. The molecule has 0 unspecified atom stereocenters. The lowest BCUT2D eigenvalue weighted by Gasteiger charge is -2.15. The molecule has 2 amide bonds. The number of H-pyrrole nitrogens is 1. The Morgan fingerprint density at radius 3 is 2.95 bits per heavy atom. The molecule has 3 rings (SSSR count). The molecule has 1 aliphatic heterocycles. The number of aryl methyl sites for hydroxylation is 1. The van der Waals surface area contributed by atoms with Crippen LogP contribution >= 0.6 is 0 Å². The molecule has 2 heterocycles. The van der Waals surface area contributed by atoms with Crippen LogP contribution in [0.2, 0.25) is 0 Å². The predicted octanol–water partition coefficient (Wildman–Crippen LogP) is 0.687. The number of amides is 2. The Morgan fingerprint density at radius 1 is 1.20 bits per heavy atom. The standard InChI is InChI=1S/C14H20N4O2/c19-13-11(7-3-4-8-15-13)16-14(20)12-9-5-1-2-6-10(9)17-18-12/h11H,1-8H2,(H,15,19)(H,16,20)(H,17,18)/t11-/m1/s1. The zero-order valence-electron chi connectivity index (χ0n) is 11.5. The zero-order valence-corrected chi connectivity index (χ0v) is 11.5. The van der Waals surface area contributed by atoms with Crippen molar-refractivity contribution in [1.29, 1.82) is 0 Å². The molecule has 0 aromatic carbocycles. The van der Waals surface area contributed by atoms with E-state index in [1.54, 1.807) is 0 Å². The second kappa shape index (κ2) is 5.64. The van der Waals surface area contributed by atoms with Crippen LogP contribution in [0.15, 0.2) is 0 Å². The van der Waals surface area contributed by atoms with Gasteiger partial charge in [-0.05, 0) is 44.9 Å². The van der Waals surface area contributed by atoms with Crippen molar-refractivity contribution in [2.45, 2.75) is 51.0 Å². The van der Waals surface area contributed by atoms with Crippen LogP contribution < -0.4 is 10.6 Å². The van der Waals surface area contributed by atoms with E-state index in [9.17, 15) is 9.59 Å². The summed E-state index contributed by atoms with van der Waals surface area (Å²) in [6, 6.07) is -0.430. The molecule has 1 saturated heterocycles. The van der Waals surface area contributed by atoms with Gasteiger partial charge in [-0.2, -0.15) is 5.10 Å². The van der Waals surface area contributed by atoms with E-state index in [2.05, 4.69) is 20.8 Å². The maximum absolute atomic E-state index is 12.3. The van der Waals surface area contributed by atoms with Crippen LogP contribution in [-0.4, -0.2) is 34.6 Å². The molecule has 1 aromatic heterocycles. The Balaban J connectivity index is 1.72. The van der Waals surface area contributed by atoms with Crippen LogP contribution in [0.5, 0.6) is 0 Å². The molecular formula is C14H20N4O2. The lowest BCUT2D eigenvalue weighted by Crippen LogP contribution is -2.45. The summed E-state index contributed by atoms with van der Waals surface area (Å²) < 4.78 is 0. The summed E-state index contributed by atoms with van der Waals surface area (Å²) in [4.78, 5) is 24.2. The van der Waals surface area contributed by atoms with Crippen LogP contribution in [0.3, 0.4) is 0 Å². The highest BCUT2D eigenvalue weighted by molar-refractivity contribution is 5.97. The van der Waals surface area contributed by atoms with Crippen molar-refractivity contribution < 1.29 is 9.59 Å². The Hall–Kier alpha value is -1.85. The van der Waals surface area contributed by atoms with E-state index in [-0.39, 0.29) is 11.8 Å². The first kappa shape index (κ1) is 13.1. The molecule has 1 aromatic rings. The van der Waals surface area contributed by atoms with Crippen molar-refractivity contribution in [2.75, 3.05) is 6.54 Å². The second-order valence-electron chi connectivity index (χ2n) is 5.55. The molecule has 0 saturated carbocycles. The number of hydrogen-bond donors (Lipinski definition) is 3. The summed E-state index contributed by atoms with van der Waals surface area (Å²) in [6.45, 7) is 0.697. The minimum Gasteiger partial charge on any atom is -0.354 e. The molecule has 1 atom stereocenters. The van der Waals surface area contributed by atoms with E-state index >= 15 is 0 Å². The van der Waals surface area contributed by atoms with Gasteiger partial charge in [0.25, 0.3) is 5.91 Å². The zero-order chi connectivity index (χ0) is 13.9. The maximum Gasteiger partial charge on any atom is 0.272 e. The van der Waals surface area contributed by atoms with E-state index in [1.807, 2.05) is 0 Å². The topological polar surface area (TPSA) is 86.9 Å². The van der Waals surface area contributed by atoms with Gasteiger partial charge in [0.15, 0.2) is 5.69 Å². The van der Waals surface area contributed by atoms with Crippen molar-refractivity contribution >= 4 is 11.8 Å². The fourth-order valence-electron chi connectivity index (χ4n) is 2.97. The number of nitrogens with zero attached hydrogens (tertiary/aromatic N) is 1. The van der Waals surface area contributed by atoms with E-state index < -0.39 is 6.04 Å². The van der Waals surface area contributed by atoms with Gasteiger partial charge in [0, 0.05) is 17.8 Å². The lowest BCUT2D eigenvalue weighted by atomic mass is 9.95. The molecular weight excluding hydrogens is 256 g/mol. The van der Waals surface area contributed by atoms with Gasteiger partial charge in [0.05, 0.1) is 0 Å². The van der Waals surface area contributed by atoms with Gasteiger partial charge >= 0.3 is 0 Å². The van der Waals surface area contributed by atoms with Gasteiger partial charge in [-0.15, -0.1) is 0 Å². The summed E-state index contributed by atoms with van der Waals surface area (Å²) in [5.41, 5.74) is 2.58. The van der Waals surface area contributed by atoms with Gasteiger partial charge in [-0.1, -0.05) is 0 Å². The summed E-state index contributed by atoms with van der Waals surface area (Å²) in [5, 5.41) is 12.8. The molecule has 6 heteroatoms. The van der Waals surface area contributed by atoms with Crippen molar-refractivity contribution in [2.24, 2.45) is 0 Å². The fourth-order valence-corrected chi connectivity index (χ4v) is 2.97. The molecule has 20 heavy (non-hydrogen) atoms. The largest absolute Gasteiger partial charge is 0.354 e. The summed E-state index contributed by atoms with van der Waals surface area (Å²) >= 11 is 0. The number of carbonyl (C=O) groups excluding carboxylic acids is 2. The average Bonchev–Trinajstić information content (AvgIpc) is 2.79. The molecule has 0 spiro atoms. The number of rotatable bonds is 2. The van der Waals surface area contributed by atoms with Crippen LogP contribution in [-0.2, 0) is 17.6 Å². The maximum atomic E-state index is 12.3. The Kier molecular flexibility index (Phi) is 3.71. The number of hydrogen-bond acceptors (Lipinski definition) is 3.